The highest BCUT2D eigenvalue weighted by Gasteiger charge is 2.09. The summed E-state index contributed by atoms with van der Waals surface area (Å²) in [6.45, 7) is 0.202. The Kier molecular flexibility index (Phi) is 6.70. The molecule has 1 N–H and O–H groups in total. The minimum Gasteiger partial charge on any atom is -0.497 e. The number of carbonyl (C=O) groups excluding carboxylic acids is 1. The molecule has 2 aromatic carbocycles. The van der Waals surface area contributed by atoms with E-state index in [2.05, 4.69) is 15.5 Å². The highest BCUT2D eigenvalue weighted by molar-refractivity contribution is 7.99. The maximum atomic E-state index is 12.0. The van der Waals surface area contributed by atoms with Crippen molar-refractivity contribution in [3.8, 4) is 11.5 Å². The van der Waals surface area contributed by atoms with E-state index in [4.69, 9.17) is 13.9 Å². The number of ether oxygens (including phenoxy) is 2. The zero-order chi connectivity index (χ0) is 18.9. The van der Waals surface area contributed by atoms with Gasteiger partial charge in [0.25, 0.3) is 11.1 Å². The lowest BCUT2D eigenvalue weighted by Crippen LogP contribution is -2.12. The van der Waals surface area contributed by atoms with Crippen molar-refractivity contribution in [1.82, 2.24) is 10.2 Å². The van der Waals surface area contributed by atoms with Crippen LogP contribution >= 0.6 is 11.8 Å². The van der Waals surface area contributed by atoms with Crippen molar-refractivity contribution in [2.45, 2.75) is 18.3 Å². The first-order valence-electron chi connectivity index (χ1n) is 8.30. The number of carbonyl (C=O) groups is 1. The first kappa shape index (κ1) is 18.8. The third-order valence-electron chi connectivity index (χ3n) is 3.46. The van der Waals surface area contributed by atoms with E-state index < -0.39 is 0 Å². The molecule has 0 aliphatic heterocycles. The average molecular weight is 385 g/mol. The summed E-state index contributed by atoms with van der Waals surface area (Å²) in [6.07, 6.45) is 0.320. The molecule has 8 heteroatoms. The quantitative estimate of drug-likeness (QED) is 0.561. The highest BCUT2D eigenvalue weighted by Crippen LogP contribution is 2.20. The van der Waals surface area contributed by atoms with Gasteiger partial charge in [0.1, 0.15) is 11.5 Å². The van der Waals surface area contributed by atoms with Crippen molar-refractivity contribution < 1.29 is 18.7 Å². The van der Waals surface area contributed by atoms with Crippen molar-refractivity contribution >= 4 is 23.4 Å². The summed E-state index contributed by atoms with van der Waals surface area (Å²) in [6, 6.07) is 16.6. The van der Waals surface area contributed by atoms with Gasteiger partial charge in [-0.1, -0.05) is 36.0 Å². The van der Waals surface area contributed by atoms with Crippen LogP contribution < -0.4 is 14.8 Å². The van der Waals surface area contributed by atoms with Crippen molar-refractivity contribution in [2.24, 2.45) is 0 Å². The van der Waals surface area contributed by atoms with Crippen LogP contribution in [0.2, 0.25) is 0 Å². The molecule has 27 heavy (non-hydrogen) atoms. The number of rotatable bonds is 9. The number of thioether (sulfide) groups is 1. The summed E-state index contributed by atoms with van der Waals surface area (Å²) < 4.78 is 16.2. The number of nitrogens with one attached hydrogen (secondary N) is 1. The van der Waals surface area contributed by atoms with Crippen molar-refractivity contribution in [1.29, 1.82) is 0 Å². The lowest BCUT2D eigenvalue weighted by molar-refractivity contribution is -0.115. The summed E-state index contributed by atoms with van der Waals surface area (Å²) in [4.78, 5) is 12.0. The molecule has 0 fully saturated rings. The molecule has 0 aliphatic rings. The fraction of sp³-hybridized carbons (Fsp3) is 0.211. The van der Waals surface area contributed by atoms with Crippen molar-refractivity contribution in [2.75, 3.05) is 18.2 Å². The van der Waals surface area contributed by atoms with E-state index in [1.165, 1.54) is 11.8 Å². The van der Waals surface area contributed by atoms with Crippen LogP contribution in [0.3, 0.4) is 0 Å². The number of amides is 1. The van der Waals surface area contributed by atoms with Crippen LogP contribution in [-0.4, -0.2) is 29.0 Å². The van der Waals surface area contributed by atoms with E-state index in [-0.39, 0.29) is 12.5 Å². The fourth-order valence-corrected chi connectivity index (χ4v) is 2.89. The largest absolute Gasteiger partial charge is 0.497 e. The van der Waals surface area contributed by atoms with Crippen LogP contribution in [-0.2, 0) is 11.4 Å². The molecular formula is C19H19N3O4S. The molecule has 0 radical (unpaired) electrons. The Morgan fingerprint density at radius 2 is 1.93 bits per heavy atom. The SMILES string of the molecule is COc1cccc(NC(=O)CCSc2nnc(COc3ccccc3)o2)c1. The van der Waals surface area contributed by atoms with Gasteiger partial charge in [0.15, 0.2) is 6.61 Å². The second-order valence-electron chi connectivity index (χ2n) is 5.44. The molecule has 0 aliphatic carbocycles. The summed E-state index contributed by atoms with van der Waals surface area (Å²) in [5.74, 6) is 2.25. The zero-order valence-electron chi connectivity index (χ0n) is 14.8. The number of aromatic nitrogens is 2. The number of hydrogen-bond acceptors (Lipinski definition) is 7. The molecule has 7 nitrogen and oxygen atoms in total. The molecule has 3 aromatic rings. The topological polar surface area (TPSA) is 86.5 Å². The summed E-state index contributed by atoms with van der Waals surface area (Å²) in [5, 5.41) is 11.1. The molecule has 140 valence electrons. The summed E-state index contributed by atoms with van der Waals surface area (Å²) >= 11 is 1.33. The van der Waals surface area contributed by atoms with E-state index in [9.17, 15) is 4.79 Å². The van der Waals surface area contributed by atoms with Crippen LogP contribution in [0.4, 0.5) is 5.69 Å². The maximum absolute atomic E-state index is 12.0. The second kappa shape index (κ2) is 9.63. The molecule has 0 saturated carbocycles. The van der Waals surface area contributed by atoms with Crippen LogP contribution in [0, 0.1) is 0 Å². The lowest BCUT2D eigenvalue weighted by atomic mass is 10.3. The first-order chi connectivity index (χ1) is 13.2. The molecule has 3 rings (SSSR count). The van der Waals surface area contributed by atoms with Crippen molar-refractivity contribution in [3.63, 3.8) is 0 Å². The lowest BCUT2D eigenvalue weighted by Gasteiger charge is -2.06. The van der Waals surface area contributed by atoms with Gasteiger partial charge in [0.2, 0.25) is 5.91 Å². The summed E-state index contributed by atoms with van der Waals surface area (Å²) in [5.41, 5.74) is 0.697. The van der Waals surface area contributed by atoms with Gasteiger partial charge in [-0.3, -0.25) is 4.79 Å². The predicted molar refractivity (Wildman–Crippen MR) is 102 cm³/mol. The van der Waals surface area contributed by atoms with Gasteiger partial charge in [-0.05, 0) is 24.3 Å². The monoisotopic (exact) mass is 385 g/mol. The van der Waals surface area contributed by atoms with E-state index in [0.717, 1.165) is 5.75 Å². The standard InChI is InChI=1S/C19H19N3O4S/c1-24-16-9-5-6-14(12-16)20-17(23)10-11-27-19-22-21-18(26-19)13-25-15-7-3-2-4-8-15/h2-9,12H,10-11,13H2,1H3,(H,20,23). The minimum atomic E-state index is -0.0945. The third-order valence-corrected chi connectivity index (χ3v) is 4.28. The number of hydrogen-bond donors (Lipinski definition) is 1. The van der Waals surface area contributed by atoms with Gasteiger partial charge < -0.3 is 19.2 Å². The Morgan fingerprint density at radius 3 is 2.74 bits per heavy atom. The minimum absolute atomic E-state index is 0.0945. The van der Waals surface area contributed by atoms with Gasteiger partial charge in [0.05, 0.1) is 7.11 Å². The van der Waals surface area contributed by atoms with Crippen LogP contribution in [0.1, 0.15) is 12.3 Å². The number of methoxy groups -OCH3 is 1. The number of para-hydroxylation sites is 1. The number of benzene rings is 2. The molecule has 1 amide bonds. The molecule has 0 unspecified atom stereocenters. The smallest absolute Gasteiger partial charge is 0.276 e. The molecule has 0 bridgehead atoms. The van der Waals surface area contributed by atoms with E-state index in [0.29, 0.717) is 34.7 Å². The molecular weight excluding hydrogens is 366 g/mol. The Labute approximate surface area is 161 Å². The van der Waals surface area contributed by atoms with E-state index in [1.54, 1.807) is 13.2 Å². The third kappa shape index (κ3) is 6.03. The van der Waals surface area contributed by atoms with Gasteiger partial charge >= 0.3 is 0 Å². The average Bonchev–Trinajstić information content (AvgIpc) is 3.15. The van der Waals surface area contributed by atoms with Crippen molar-refractivity contribution in [3.05, 3.63) is 60.5 Å². The predicted octanol–water partition coefficient (Wildman–Crippen LogP) is 3.78. The van der Waals surface area contributed by atoms with E-state index in [1.807, 2.05) is 48.5 Å². The maximum Gasteiger partial charge on any atom is 0.276 e. The van der Waals surface area contributed by atoms with Crippen LogP contribution in [0.25, 0.3) is 0 Å². The Bertz CT molecular complexity index is 870. The molecule has 0 saturated heterocycles. The molecule has 1 heterocycles. The Hall–Kier alpha value is -3.00. The second-order valence-corrected chi connectivity index (χ2v) is 6.49. The highest BCUT2D eigenvalue weighted by atomic mass is 32.2. The van der Waals surface area contributed by atoms with Gasteiger partial charge in [-0.2, -0.15) is 0 Å². The molecule has 0 atom stereocenters. The Morgan fingerprint density at radius 1 is 1.11 bits per heavy atom. The van der Waals surface area contributed by atoms with Gasteiger partial charge in [-0.25, -0.2) is 0 Å². The van der Waals surface area contributed by atoms with Crippen LogP contribution in [0.5, 0.6) is 11.5 Å². The van der Waals surface area contributed by atoms with Crippen LogP contribution in [0.15, 0.2) is 64.2 Å². The van der Waals surface area contributed by atoms with Gasteiger partial charge in [0, 0.05) is 23.9 Å². The summed E-state index contributed by atoms with van der Waals surface area (Å²) in [7, 11) is 1.58. The zero-order valence-corrected chi connectivity index (χ0v) is 15.6. The normalized spacial score (nSPS) is 10.4. The fourth-order valence-electron chi connectivity index (χ4n) is 2.17. The molecule has 1 aromatic heterocycles. The first-order valence-corrected chi connectivity index (χ1v) is 9.28. The number of nitrogens with zero attached hydrogens (tertiary/aromatic N) is 2. The number of anilines is 1. The van der Waals surface area contributed by atoms with Gasteiger partial charge in [-0.15, -0.1) is 10.2 Å². The molecule has 0 spiro atoms. The van der Waals surface area contributed by atoms with E-state index >= 15 is 0 Å². The Balaban J connectivity index is 1.40.